The summed E-state index contributed by atoms with van der Waals surface area (Å²) in [6.45, 7) is 2.57. The van der Waals surface area contributed by atoms with Crippen molar-refractivity contribution >= 4 is 46.8 Å². The number of nitrogens with zero attached hydrogens (tertiary/aromatic N) is 3. The highest BCUT2D eigenvalue weighted by atomic mass is 32.2. The average molecular weight is 565 g/mol. The number of halogens is 2. The van der Waals surface area contributed by atoms with Crippen LogP contribution in [0.2, 0.25) is 0 Å². The number of carbonyl (C=O) groups is 4. The molecular formula is C24H26F2N6O6S. The van der Waals surface area contributed by atoms with E-state index in [2.05, 4.69) is 15.3 Å². The summed E-state index contributed by atoms with van der Waals surface area (Å²) in [7, 11) is 3.17. The summed E-state index contributed by atoms with van der Waals surface area (Å²) in [5.41, 5.74) is 10.8. The van der Waals surface area contributed by atoms with Crippen molar-refractivity contribution in [1.29, 1.82) is 0 Å². The number of carboxylic acid groups (broad SMARTS) is 1. The Labute approximate surface area is 226 Å². The topological polar surface area (TPSA) is 190 Å². The molecule has 2 amide bonds. The number of nitrogens with one attached hydrogen (secondary N) is 1. The van der Waals surface area contributed by atoms with E-state index >= 15 is 0 Å². The molecule has 2 rings (SSSR count). The van der Waals surface area contributed by atoms with Crippen LogP contribution in [0.25, 0.3) is 11.1 Å². The molecule has 6 N–H and O–H groups in total. The van der Waals surface area contributed by atoms with Crippen molar-refractivity contribution in [3.8, 4) is 16.9 Å². The van der Waals surface area contributed by atoms with E-state index in [9.17, 15) is 33.1 Å². The zero-order valence-electron chi connectivity index (χ0n) is 21.3. The van der Waals surface area contributed by atoms with Gasteiger partial charge >= 0.3 is 11.3 Å². The normalized spacial score (nSPS) is 13.3. The second-order valence-electron chi connectivity index (χ2n) is 8.17. The number of ether oxygens (including phenoxy) is 1. The van der Waals surface area contributed by atoms with Crippen LogP contribution in [0.4, 0.5) is 13.6 Å². The molecule has 0 aromatic heterocycles. The lowest BCUT2D eigenvalue weighted by molar-refractivity contribution is -0.126. The van der Waals surface area contributed by atoms with Crippen molar-refractivity contribution in [3.63, 3.8) is 0 Å². The third-order valence-corrected chi connectivity index (χ3v) is 5.85. The first-order chi connectivity index (χ1) is 18.2. The third-order valence-electron chi connectivity index (χ3n) is 4.93. The largest absolute Gasteiger partial charge is 0.478 e. The number of carbonyl (C=O) groups excluding carboxylic acids is 3. The zero-order valence-corrected chi connectivity index (χ0v) is 22.1. The third kappa shape index (κ3) is 8.77. The van der Waals surface area contributed by atoms with Crippen molar-refractivity contribution in [2.24, 2.45) is 21.5 Å². The number of rotatable bonds is 7. The highest BCUT2D eigenvalue weighted by molar-refractivity contribution is 8.13. The van der Waals surface area contributed by atoms with Crippen LogP contribution in [0.1, 0.15) is 24.2 Å². The van der Waals surface area contributed by atoms with Gasteiger partial charge in [-0.2, -0.15) is 9.98 Å². The van der Waals surface area contributed by atoms with Crippen molar-refractivity contribution in [1.82, 2.24) is 10.2 Å². The van der Waals surface area contributed by atoms with E-state index in [-0.39, 0.29) is 22.8 Å². The van der Waals surface area contributed by atoms with Gasteiger partial charge in [0.2, 0.25) is 11.9 Å². The summed E-state index contributed by atoms with van der Waals surface area (Å²) in [6.07, 6.45) is 0. The van der Waals surface area contributed by atoms with Crippen LogP contribution in [0, 0.1) is 11.6 Å². The number of hydrogen-bond donors (Lipinski definition) is 4. The van der Waals surface area contributed by atoms with Gasteiger partial charge in [0.25, 0.3) is 5.91 Å². The lowest BCUT2D eigenvalue weighted by atomic mass is 10.0. The Morgan fingerprint density at radius 3 is 2.31 bits per heavy atom. The Balaban J connectivity index is 2.25. The SMILES string of the molecule is CC(=O)NC(C(=O)N=C(N)N=C(N)N(C)C)C(C)SC(=O)Oc1ccc(-c2ccc(F)cc2F)cc1C(=O)O. The molecule has 2 atom stereocenters. The summed E-state index contributed by atoms with van der Waals surface area (Å²) in [4.78, 5) is 57.5. The number of guanidine groups is 2. The summed E-state index contributed by atoms with van der Waals surface area (Å²) in [5.74, 6) is -5.60. The quantitative estimate of drug-likeness (QED) is 0.220. The summed E-state index contributed by atoms with van der Waals surface area (Å²) >= 11 is 0.474. The predicted octanol–water partition coefficient (Wildman–Crippen LogP) is 2.17. The van der Waals surface area contributed by atoms with Gasteiger partial charge in [-0.25, -0.2) is 18.4 Å². The van der Waals surface area contributed by atoms with Gasteiger partial charge in [-0.1, -0.05) is 13.0 Å². The fourth-order valence-corrected chi connectivity index (χ4v) is 3.80. The maximum Gasteiger partial charge on any atom is 0.373 e. The number of aromatic carboxylic acids is 1. The van der Waals surface area contributed by atoms with E-state index in [0.29, 0.717) is 17.8 Å². The number of carboxylic acids is 1. The predicted molar refractivity (Wildman–Crippen MR) is 141 cm³/mol. The minimum absolute atomic E-state index is 0.0338. The van der Waals surface area contributed by atoms with Gasteiger partial charge in [-0.05, 0) is 41.6 Å². The molecule has 15 heteroatoms. The Bertz CT molecular complexity index is 1350. The van der Waals surface area contributed by atoms with Gasteiger partial charge in [0.05, 0.1) is 0 Å². The van der Waals surface area contributed by atoms with E-state index in [0.717, 1.165) is 31.2 Å². The van der Waals surface area contributed by atoms with E-state index < -0.39 is 57.5 Å². The van der Waals surface area contributed by atoms with Crippen molar-refractivity contribution < 1.29 is 37.8 Å². The molecule has 2 unspecified atom stereocenters. The number of hydrogen-bond acceptors (Lipinski definition) is 6. The number of aliphatic imine (C=N–C) groups is 2. The Kier molecular flexibility index (Phi) is 10.5. The molecule has 0 spiro atoms. The first-order valence-corrected chi connectivity index (χ1v) is 11.9. The minimum atomic E-state index is -1.48. The molecule has 2 aromatic rings. The number of benzene rings is 2. The molecule has 0 aliphatic rings. The average Bonchev–Trinajstić information content (AvgIpc) is 2.82. The fraction of sp³-hybridized carbons (Fsp3) is 0.250. The van der Waals surface area contributed by atoms with E-state index in [1.54, 1.807) is 14.1 Å². The van der Waals surface area contributed by atoms with Gasteiger partial charge in [-0.3, -0.25) is 9.59 Å². The van der Waals surface area contributed by atoms with Gasteiger partial charge in [-0.15, -0.1) is 0 Å². The highest BCUT2D eigenvalue weighted by Crippen LogP contribution is 2.30. The van der Waals surface area contributed by atoms with Gasteiger partial charge in [0.15, 0.2) is 5.96 Å². The molecule has 0 saturated heterocycles. The van der Waals surface area contributed by atoms with Gasteiger partial charge < -0.3 is 31.5 Å². The molecule has 208 valence electrons. The summed E-state index contributed by atoms with van der Waals surface area (Å²) in [5, 5.41) is 9.99. The van der Waals surface area contributed by atoms with Crippen LogP contribution in [0.5, 0.6) is 5.75 Å². The fourth-order valence-electron chi connectivity index (χ4n) is 3.03. The minimum Gasteiger partial charge on any atom is -0.478 e. The Morgan fingerprint density at radius 1 is 1.08 bits per heavy atom. The van der Waals surface area contributed by atoms with E-state index in [4.69, 9.17) is 16.2 Å². The van der Waals surface area contributed by atoms with Crippen LogP contribution >= 0.6 is 11.8 Å². The molecule has 12 nitrogen and oxygen atoms in total. The molecule has 0 bridgehead atoms. The van der Waals surface area contributed by atoms with Gasteiger partial charge in [0.1, 0.15) is 29.0 Å². The molecule has 39 heavy (non-hydrogen) atoms. The highest BCUT2D eigenvalue weighted by Gasteiger charge is 2.30. The van der Waals surface area contributed by atoms with Gasteiger partial charge in [0, 0.05) is 37.9 Å². The molecule has 0 aliphatic carbocycles. The molecule has 0 saturated carbocycles. The molecule has 0 heterocycles. The smallest absolute Gasteiger partial charge is 0.373 e. The maximum atomic E-state index is 14.2. The maximum absolute atomic E-state index is 14.2. The zero-order chi connectivity index (χ0) is 29.4. The van der Waals surface area contributed by atoms with Crippen LogP contribution < -0.4 is 21.5 Å². The second-order valence-corrected chi connectivity index (χ2v) is 9.48. The summed E-state index contributed by atoms with van der Waals surface area (Å²) in [6, 6.07) is 4.96. The lowest BCUT2D eigenvalue weighted by Crippen LogP contribution is -2.46. The number of thioether (sulfide) groups is 1. The Hall–Kier alpha value is -4.53. The summed E-state index contributed by atoms with van der Waals surface area (Å²) < 4.78 is 32.6. The molecule has 0 fully saturated rings. The van der Waals surface area contributed by atoms with E-state index in [1.807, 2.05) is 0 Å². The van der Waals surface area contributed by atoms with E-state index in [1.165, 1.54) is 17.9 Å². The number of amides is 2. The molecular weight excluding hydrogens is 538 g/mol. The monoisotopic (exact) mass is 564 g/mol. The van der Waals surface area contributed by atoms with Crippen LogP contribution in [-0.4, -0.2) is 70.4 Å². The standard InChI is InChI=1S/C24H26F2N6O6S/c1-11(19(29-12(2)33)20(34)30-22(27)31-23(28)32(3)4)39-24(37)38-18-8-5-13(9-16(18)21(35)36)15-7-6-14(25)10-17(15)26/h5-11,19H,1-4H3,(H,29,33)(H,35,36)(H4,27,28,30,31,34). The molecule has 0 aliphatic heterocycles. The first-order valence-electron chi connectivity index (χ1n) is 11.1. The van der Waals surface area contributed by atoms with Crippen molar-refractivity contribution in [2.75, 3.05) is 14.1 Å². The molecule has 2 aromatic carbocycles. The van der Waals surface area contributed by atoms with Crippen molar-refractivity contribution in [3.05, 3.63) is 53.6 Å². The Morgan fingerprint density at radius 2 is 1.74 bits per heavy atom. The first kappa shape index (κ1) is 30.7. The van der Waals surface area contributed by atoms with Crippen LogP contribution in [0.15, 0.2) is 46.4 Å². The van der Waals surface area contributed by atoms with Crippen molar-refractivity contribution in [2.45, 2.75) is 25.1 Å². The van der Waals surface area contributed by atoms with Crippen LogP contribution in [-0.2, 0) is 9.59 Å². The van der Waals surface area contributed by atoms with Crippen LogP contribution in [0.3, 0.4) is 0 Å². The lowest BCUT2D eigenvalue weighted by Gasteiger charge is -2.20. The number of nitrogens with two attached hydrogens (primary N) is 2. The molecule has 0 radical (unpaired) electrons. The second kappa shape index (κ2) is 13.3.